The standard InChI is InChI=1S/C31H46N4O6/c1-20(21-10-14-40-15-11-21)33-28(36)22-16-23(19-32-18-22)29(37)35(24-6-7-24)25-8-9-27-26(17-25)34(12-5-13-39-4)30(38)31(2,3)41-27/h8-9,17,20-24,32H,5-7,10-16,18-19H2,1-4H3,(H,33,36)/t20?,22-,23+/m0/s1. The van der Waals surface area contributed by atoms with Crippen LogP contribution in [-0.2, 0) is 23.9 Å². The third-order valence-electron chi connectivity index (χ3n) is 8.93. The Balaban J connectivity index is 1.31. The van der Waals surface area contributed by atoms with Crippen molar-refractivity contribution in [1.29, 1.82) is 0 Å². The maximum Gasteiger partial charge on any atom is 0.270 e. The van der Waals surface area contributed by atoms with E-state index in [1.54, 1.807) is 25.9 Å². The fourth-order valence-electron chi connectivity index (χ4n) is 6.35. The van der Waals surface area contributed by atoms with Crippen LogP contribution < -0.4 is 25.2 Å². The van der Waals surface area contributed by atoms with E-state index >= 15 is 0 Å². The molecule has 4 aliphatic rings. The van der Waals surface area contributed by atoms with Crippen LogP contribution in [0.15, 0.2) is 18.2 Å². The van der Waals surface area contributed by atoms with Crippen molar-refractivity contribution in [2.24, 2.45) is 17.8 Å². The minimum atomic E-state index is -0.973. The van der Waals surface area contributed by atoms with E-state index in [2.05, 4.69) is 17.6 Å². The molecule has 1 unspecified atom stereocenters. The second-order valence-electron chi connectivity index (χ2n) is 12.5. The molecule has 5 rings (SSSR count). The molecule has 1 saturated carbocycles. The van der Waals surface area contributed by atoms with Crippen LogP contribution in [0, 0.1) is 17.8 Å². The number of hydrogen-bond donors (Lipinski definition) is 2. The van der Waals surface area contributed by atoms with Crippen molar-refractivity contribution in [3.63, 3.8) is 0 Å². The van der Waals surface area contributed by atoms with Crippen molar-refractivity contribution in [3.05, 3.63) is 18.2 Å². The Hall–Kier alpha value is -2.69. The summed E-state index contributed by atoms with van der Waals surface area (Å²) in [7, 11) is 1.65. The maximum absolute atomic E-state index is 14.1. The highest BCUT2D eigenvalue weighted by atomic mass is 16.5. The lowest BCUT2D eigenvalue weighted by Gasteiger charge is -2.40. The minimum absolute atomic E-state index is 0.0192. The summed E-state index contributed by atoms with van der Waals surface area (Å²) in [6.07, 6.45) is 5.01. The number of hydrogen-bond acceptors (Lipinski definition) is 7. The molecule has 1 aromatic carbocycles. The van der Waals surface area contributed by atoms with Gasteiger partial charge in [0.15, 0.2) is 5.60 Å². The largest absolute Gasteiger partial charge is 0.476 e. The Morgan fingerprint density at radius 3 is 2.61 bits per heavy atom. The second-order valence-corrected chi connectivity index (χ2v) is 12.5. The molecule has 226 valence electrons. The number of carbonyl (C=O) groups excluding carboxylic acids is 3. The average molecular weight is 571 g/mol. The number of anilines is 2. The second kappa shape index (κ2) is 12.7. The zero-order chi connectivity index (χ0) is 29.1. The Morgan fingerprint density at radius 1 is 1.17 bits per heavy atom. The smallest absolute Gasteiger partial charge is 0.270 e. The van der Waals surface area contributed by atoms with Gasteiger partial charge >= 0.3 is 0 Å². The third-order valence-corrected chi connectivity index (χ3v) is 8.93. The highest BCUT2D eigenvalue weighted by Crippen LogP contribution is 2.43. The van der Waals surface area contributed by atoms with Crippen molar-refractivity contribution in [1.82, 2.24) is 10.6 Å². The van der Waals surface area contributed by atoms with Gasteiger partial charge in [0, 0.05) is 64.3 Å². The Morgan fingerprint density at radius 2 is 1.90 bits per heavy atom. The molecule has 2 saturated heterocycles. The molecule has 1 aromatic rings. The summed E-state index contributed by atoms with van der Waals surface area (Å²) >= 11 is 0. The molecule has 2 N–H and O–H groups in total. The van der Waals surface area contributed by atoms with Crippen molar-refractivity contribution < 1.29 is 28.6 Å². The Bertz CT molecular complexity index is 1120. The number of piperidine rings is 1. The predicted molar refractivity (Wildman–Crippen MR) is 156 cm³/mol. The monoisotopic (exact) mass is 570 g/mol. The average Bonchev–Trinajstić information content (AvgIpc) is 3.81. The molecule has 3 amide bonds. The van der Waals surface area contributed by atoms with Gasteiger partial charge in [0.05, 0.1) is 17.5 Å². The topological polar surface area (TPSA) is 109 Å². The van der Waals surface area contributed by atoms with Crippen LogP contribution >= 0.6 is 0 Å². The maximum atomic E-state index is 14.1. The number of rotatable bonds is 10. The van der Waals surface area contributed by atoms with Crippen LogP contribution in [-0.4, -0.2) is 82.0 Å². The number of methoxy groups -OCH3 is 1. The van der Waals surface area contributed by atoms with Crippen molar-refractivity contribution >= 4 is 29.1 Å². The van der Waals surface area contributed by atoms with E-state index in [-0.39, 0.29) is 41.6 Å². The summed E-state index contributed by atoms with van der Waals surface area (Å²) in [5.74, 6) is 0.441. The Kier molecular flexibility index (Phi) is 9.21. The first kappa shape index (κ1) is 29.8. The van der Waals surface area contributed by atoms with Crippen LogP contribution in [0.1, 0.15) is 59.3 Å². The summed E-state index contributed by atoms with van der Waals surface area (Å²) < 4.78 is 16.8. The van der Waals surface area contributed by atoms with Gasteiger partial charge < -0.3 is 34.6 Å². The van der Waals surface area contributed by atoms with Crippen LogP contribution in [0.3, 0.4) is 0 Å². The van der Waals surface area contributed by atoms with E-state index in [1.165, 1.54) is 0 Å². The SMILES string of the molecule is COCCCN1C(=O)C(C)(C)Oc2ccc(N(C(=O)[C@H]3CNC[C@@H](C(=O)NC(C)C4CCOCC4)C3)C3CC3)cc21. The minimum Gasteiger partial charge on any atom is -0.476 e. The van der Waals surface area contributed by atoms with Crippen LogP contribution in [0.4, 0.5) is 11.4 Å². The first-order valence-electron chi connectivity index (χ1n) is 15.3. The summed E-state index contributed by atoms with van der Waals surface area (Å²) in [4.78, 5) is 44.3. The molecule has 0 radical (unpaired) electrons. The van der Waals surface area contributed by atoms with Crippen molar-refractivity contribution in [2.75, 3.05) is 56.4 Å². The fourth-order valence-corrected chi connectivity index (χ4v) is 6.35. The molecule has 3 heterocycles. The number of benzene rings is 1. The van der Waals surface area contributed by atoms with E-state index in [4.69, 9.17) is 14.2 Å². The summed E-state index contributed by atoms with van der Waals surface area (Å²) in [6, 6.07) is 5.92. The van der Waals surface area contributed by atoms with Gasteiger partial charge in [-0.25, -0.2) is 0 Å². The van der Waals surface area contributed by atoms with Crippen LogP contribution in [0.2, 0.25) is 0 Å². The van der Waals surface area contributed by atoms with Gasteiger partial charge in [0.25, 0.3) is 5.91 Å². The summed E-state index contributed by atoms with van der Waals surface area (Å²) in [5.41, 5.74) is 0.477. The first-order valence-corrected chi connectivity index (χ1v) is 15.3. The van der Waals surface area contributed by atoms with Gasteiger partial charge in [-0.3, -0.25) is 14.4 Å². The molecule has 3 atom stereocenters. The van der Waals surface area contributed by atoms with Gasteiger partial charge in [-0.15, -0.1) is 0 Å². The van der Waals surface area contributed by atoms with Gasteiger partial charge in [0.1, 0.15) is 5.75 Å². The van der Waals surface area contributed by atoms with E-state index in [0.29, 0.717) is 56.4 Å². The van der Waals surface area contributed by atoms with Gasteiger partial charge in [-0.1, -0.05) is 0 Å². The van der Waals surface area contributed by atoms with Crippen LogP contribution in [0.5, 0.6) is 5.75 Å². The molecule has 0 spiro atoms. The van der Waals surface area contributed by atoms with Gasteiger partial charge in [-0.05, 0) is 83.4 Å². The normalized spacial score (nSPS) is 25.2. The van der Waals surface area contributed by atoms with Crippen molar-refractivity contribution in [3.8, 4) is 5.75 Å². The van der Waals surface area contributed by atoms with Crippen LogP contribution in [0.25, 0.3) is 0 Å². The molecule has 10 nitrogen and oxygen atoms in total. The molecule has 0 aromatic heterocycles. The van der Waals surface area contributed by atoms with E-state index in [1.807, 2.05) is 23.1 Å². The highest BCUT2D eigenvalue weighted by molar-refractivity contribution is 6.04. The number of nitrogens with one attached hydrogen (secondary N) is 2. The van der Waals surface area contributed by atoms with Gasteiger partial charge in [0.2, 0.25) is 11.8 Å². The van der Waals surface area contributed by atoms with Crippen molar-refractivity contribution in [2.45, 2.75) is 77.0 Å². The Labute approximate surface area is 243 Å². The molecule has 0 bridgehead atoms. The lowest BCUT2D eigenvalue weighted by Crippen LogP contribution is -2.53. The number of amides is 3. The lowest BCUT2D eigenvalue weighted by molar-refractivity contribution is -0.132. The van der Waals surface area contributed by atoms with E-state index in [0.717, 1.165) is 44.6 Å². The fraction of sp³-hybridized carbons (Fsp3) is 0.710. The number of ether oxygens (including phenoxy) is 3. The lowest BCUT2D eigenvalue weighted by atomic mass is 9.87. The van der Waals surface area contributed by atoms with E-state index in [9.17, 15) is 14.4 Å². The summed E-state index contributed by atoms with van der Waals surface area (Å²) in [5, 5.41) is 6.58. The molecule has 10 heteroatoms. The molecular formula is C31H46N4O6. The molecule has 1 aliphatic carbocycles. The third kappa shape index (κ3) is 6.70. The quantitative estimate of drug-likeness (QED) is 0.417. The molecule has 3 fully saturated rings. The zero-order valence-corrected chi connectivity index (χ0v) is 24.9. The first-order chi connectivity index (χ1) is 19.7. The predicted octanol–water partition coefficient (Wildman–Crippen LogP) is 2.88. The molecular weight excluding hydrogens is 524 g/mol. The molecule has 3 aliphatic heterocycles. The van der Waals surface area contributed by atoms with Gasteiger partial charge in [-0.2, -0.15) is 0 Å². The highest BCUT2D eigenvalue weighted by Gasteiger charge is 2.43. The number of fused-ring (bicyclic) bond motifs is 1. The number of nitrogens with zero attached hydrogens (tertiary/aromatic N) is 2. The zero-order valence-electron chi connectivity index (χ0n) is 24.9. The number of carbonyl (C=O) groups is 3. The summed E-state index contributed by atoms with van der Waals surface area (Å²) in [6.45, 7) is 9.29. The molecule has 41 heavy (non-hydrogen) atoms. The van der Waals surface area contributed by atoms with E-state index < -0.39 is 5.60 Å².